The van der Waals surface area contributed by atoms with E-state index in [9.17, 15) is 49.0 Å². The van der Waals surface area contributed by atoms with Gasteiger partial charge >= 0.3 is 24.6 Å². The number of alkyl halides is 11. The fourth-order valence-electron chi connectivity index (χ4n) is 1.48. The molecule has 0 aliphatic heterocycles. The molecule has 0 spiro atoms. The first kappa shape index (κ1) is 24.2. The summed E-state index contributed by atoms with van der Waals surface area (Å²) in [4.78, 5) is 0. The van der Waals surface area contributed by atoms with Crippen molar-refractivity contribution in [2.45, 2.75) is 30.7 Å². The van der Waals surface area contributed by atoms with Crippen LogP contribution in [0, 0.1) is 0 Å². The fourth-order valence-corrected chi connectivity index (χ4v) is 1.59. The van der Waals surface area contributed by atoms with Crippen LogP contribution in [0.1, 0.15) is 0 Å². The number of benzene rings is 1. The van der Waals surface area contributed by atoms with E-state index in [2.05, 4.69) is 9.47 Å². The van der Waals surface area contributed by atoms with Gasteiger partial charge in [-0.05, 0) is 12.1 Å². The summed E-state index contributed by atoms with van der Waals surface area (Å²) >= 11 is 5.25. The molecule has 1 rings (SSSR count). The molecule has 0 amide bonds. The third-order valence-corrected chi connectivity index (χ3v) is 3.16. The Kier molecular flexibility index (Phi) is 7.15. The van der Waals surface area contributed by atoms with Crippen molar-refractivity contribution in [3.8, 4) is 11.5 Å². The third-order valence-electron chi connectivity index (χ3n) is 2.80. The largest absolute Gasteiger partial charge is 0.499 e. The van der Waals surface area contributed by atoms with Crippen molar-refractivity contribution in [2.75, 3.05) is 17.7 Å². The highest BCUT2D eigenvalue weighted by molar-refractivity contribution is 6.18. The Labute approximate surface area is 155 Å². The number of aliphatic hydroxyl groups is 1. The maximum atomic E-state index is 13.0. The molecule has 4 nitrogen and oxygen atoms in total. The van der Waals surface area contributed by atoms with Gasteiger partial charge in [0.2, 0.25) is 0 Å². The summed E-state index contributed by atoms with van der Waals surface area (Å²) < 4.78 is 132. The molecule has 0 aliphatic rings. The number of anilines is 1. The third kappa shape index (κ3) is 6.09. The summed E-state index contributed by atoms with van der Waals surface area (Å²) in [6.07, 6.45) is -25.1. The first-order valence-corrected chi connectivity index (χ1v) is 7.42. The van der Waals surface area contributed by atoms with E-state index in [1.165, 1.54) is 0 Å². The zero-order valence-electron chi connectivity index (χ0n) is 13.1. The number of ether oxygens (including phenoxy) is 2. The maximum absolute atomic E-state index is 13.0. The van der Waals surface area contributed by atoms with E-state index in [4.69, 9.17) is 11.6 Å². The molecular weight excluding hydrogens is 444 g/mol. The van der Waals surface area contributed by atoms with E-state index in [1.807, 2.05) is 5.32 Å². The molecule has 0 heterocycles. The number of aliphatic hydroxyl groups excluding tert-OH is 1. The molecule has 15 heteroatoms. The lowest BCUT2D eigenvalue weighted by molar-refractivity contribution is -0.361. The van der Waals surface area contributed by atoms with Crippen LogP contribution in [0.3, 0.4) is 0 Å². The Morgan fingerprint density at radius 1 is 0.893 bits per heavy atom. The molecule has 0 aromatic heterocycles. The van der Waals surface area contributed by atoms with Crippen molar-refractivity contribution in [1.82, 2.24) is 0 Å². The smallest absolute Gasteiger partial charge is 0.426 e. The monoisotopic (exact) mass is 453 g/mol. The van der Waals surface area contributed by atoms with Crippen LogP contribution in [0.25, 0.3) is 0 Å². The summed E-state index contributed by atoms with van der Waals surface area (Å²) in [5.41, 5.74) is -0.899. The second-order valence-electron chi connectivity index (χ2n) is 5.08. The summed E-state index contributed by atoms with van der Waals surface area (Å²) in [5, 5.41) is 11.3. The van der Waals surface area contributed by atoms with Crippen LogP contribution in [-0.4, -0.2) is 48.2 Å². The summed E-state index contributed by atoms with van der Waals surface area (Å²) in [6.45, 7) is -0.601. The van der Waals surface area contributed by atoms with E-state index in [0.29, 0.717) is 0 Å². The van der Waals surface area contributed by atoms with Crippen LogP contribution >= 0.6 is 11.6 Å². The van der Waals surface area contributed by atoms with Crippen LogP contribution in [0.5, 0.6) is 11.5 Å². The first-order valence-electron chi connectivity index (χ1n) is 6.89. The second kappa shape index (κ2) is 8.27. The summed E-state index contributed by atoms with van der Waals surface area (Å²) in [5.74, 6) is -2.94. The van der Waals surface area contributed by atoms with Gasteiger partial charge in [0.25, 0.3) is 0 Å². The van der Waals surface area contributed by atoms with E-state index in [1.54, 1.807) is 0 Å². The van der Waals surface area contributed by atoms with Crippen molar-refractivity contribution >= 4 is 17.3 Å². The Morgan fingerprint density at radius 3 is 1.86 bits per heavy atom. The van der Waals surface area contributed by atoms with Crippen molar-refractivity contribution < 1.29 is 58.5 Å². The van der Waals surface area contributed by atoms with Crippen molar-refractivity contribution in [3.63, 3.8) is 0 Å². The van der Waals surface area contributed by atoms with Crippen LogP contribution in [-0.2, 0) is 0 Å². The molecule has 0 saturated carbocycles. The molecule has 1 aromatic rings. The highest BCUT2D eigenvalue weighted by Gasteiger charge is 2.62. The minimum Gasteiger partial charge on any atom is -0.426 e. The lowest BCUT2D eigenvalue weighted by Gasteiger charge is -2.24. The van der Waals surface area contributed by atoms with Gasteiger partial charge in [0, 0.05) is 12.6 Å². The number of hydrogen-bond donors (Lipinski definition) is 2. The Bertz CT molecular complexity index is 665. The summed E-state index contributed by atoms with van der Waals surface area (Å²) in [6, 6.07) is 0.754. The molecule has 1 atom stereocenters. The van der Waals surface area contributed by atoms with Crippen LogP contribution in [0.15, 0.2) is 18.2 Å². The number of halogens is 11. The minimum atomic E-state index is -6.15. The lowest BCUT2D eigenvalue weighted by atomic mass is 10.2. The predicted octanol–water partition coefficient (Wildman–Crippen LogP) is 4.77. The second-order valence-corrected chi connectivity index (χ2v) is 5.39. The normalized spacial score (nSPS) is 14.6. The minimum absolute atomic E-state index is 0.247. The highest BCUT2D eigenvalue weighted by Crippen LogP contribution is 2.42. The topological polar surface area (TPSA) is 50.7 Å². The van der Waals surface area contributed by atoms with Gasteiger partial charge < -0.3 is 19.9 Å². The van der Waals surface area contributed by atoms with Crippen molar-refractivity contribution in [2.24, 2.45) is 0 Å². The fraction of sp³-hybridized carbons (Fsp3) is 0.538. The van der Waals surface area contributed by atoms with Crippen molar-refractivity contribution in [1.29, 1.82) is 0 Å². The van der Waals surface area contributed by atoms with E-state index >= 15 is 0 Å². The van der Waals surface area contributed by atoms with Gasteiger partial charge in [0.15, 0.2) is 0 Å². The molecule has 28 heavy (non-hydrogen) atoms. The molecular formula is C13H10ClF10NO3. The van der Waals surface area contributed by atoms with Gasteiger partial charge in [-0.3, -0.25) is 0 Å². The Morgan fingerprint density at radius 2 is 1.39 bits per heavy atom. The molecule has 2 N–H and O–H groups in total. The molecule has 1 unspecified atom stereocenters. The average molecular weight is 454 g/mol. The zero-order valence-corrected chi connectivity index (χ0v) is 13.9. The van der Waals surface area contributed by atoms with Crippen LogP contribution in [0.4, 0.5) is 49.6 Å². The van der Waals surface area contributed by atoms with E-state index in [0.717, 1.165) is 0 Å². The summed E-state index contributed by atoms with van der Waals surface area (Å²) in [7, 11) is 0. The van der Waals surface area contributed by atoms with Crippen molar-refractivity contribution in [3.05, 3.63) is 18.2 Å². The van der Waals surface area contributed by atoms with E-state index in [-0.39, 0.29) is 18.2 Å². The average Bonchev–Trinajstić information content (AvgIpc) is 2.51. The van der Waals surface area contributed by atoms with Gasteiger partial charge in [0.05, 0.1) is 17.7 Å². The quantitative estimate of drug-likeness (QED) is 0.440. The molecule has 0 aliphatic carbocycles. The van der Waals surface area contributed by atoms with Gasteiger partial charge in [-0.15, -0.1) is 11.6 Å². The van der Waals surface area contributed by atoms with Gasteiger partial charge in [-0.2, -0.15) is 43.9 Å². The first-order chi connectivity index (χ1) is 12.5. The Balaban J connectivity index is 3.22. The number of nitrogens with one attached hydrogen (secondary N) is 1. The zero-order chi connectivity index (χ0) is 22.0. The van der Waals surface area contributed by atoms with Gasteiger partial charge in [-0.1, -0.05) is 0 Å². The predicted molar refractivity (Wildman–Crippen MR) is 74.9 cm³/mol. The van der Waals surface area contributed by atoms with Gasteiger partial charge in [-0.25, -0.2) is 0 Å². The number of hydrogen-bond acceptors (Lipinski definition) is 4. The van der Waals surface area contributed by atoms with Crippen LogP contribution < -0.4 is 14.8 Å². The SMILES string of the molecule is OC(CCl)CNc1cc(OC(F)(F)C(F)(F)F)ccc1OC(F)(F)C(F)(F)F. The van der Waals surface area contributed by atoms with E-state index < -0.39 is 60.3 Å². The Hall–Kier alpha value is -1.83. The molecule has 1 aromatic carbocycles. The molecule has 0 bridgehead atoms. The molecule has 0 fully saturated rings. The highest BCUT2D eigenvalue weighted by atomic mass is 35.5. The molecule has 162 valence electrons. The van der Waals surface area contributed by atoms with Crippen LogP contribution in [0.2, 0.25) is 0 Å². The molecule has 0 saturated heterocycles. The number of rotatable bonds is 8. The standard InChI is InChI=1S/C13H10ClF10NO3/c14-4-6(26)5-25-8-3-7(27-12(21,22)10(15,16)17)1-2-9(8)28-13(23,24)11(18,19)20/h1-3,6,25-26H,4-5H2. The van der Waals surface area contributed by atoms with Gasteiger partial charge in [0.1, 0.15) is 11.5 Å². The lowest BCUT2D eigenvalue weighted by Crippen LogP contribution is -2.42. The maximum Gasteiger partial charge on any atom is 0.499 e. The molecule has 0 radical (unpaired) electrons.